The van der Waals surface area contributed by atoms with Gasteiger partial charge in [-0.3, -0.25) is 4.99 Å². The second kappa shape index (κ2) is 10.6. The van der Waals surface area contributed by atoms with Crippen LogP contribution in [0.3, 0.4) is 0 Å². The number of nitrogens with zero attached hydrogens (tertiary/aromatic N) is 2. The standard InChI is InChI=1S/C13H24N4O2S/c1-11-16-9-12(20-11)10-17-13(14-2)15-5-4-6-19-8-7-18-3/h9H,4-8,10H2,1-3H3,(H2,14,15,17). The van der Waals surface area contributed by atoms with Crippen LogP contribution in [-0.4, -0.2) is 51.5 Å². The Balaban J connectivity index is 2.08. The molecule has 0 saturated carbocycles. The molecule has 1 aromatic rings. The van der Waals surface area contributed by atoms with E-state index in [9.17, 15) is 0 Å². The highest BCUT2D eigenvalue weighted by Gasteiger charge is 2.00. The topological polar surface area (TPSA) is 67.8 Å². The number of aromatic nitrogens is 1. The normalized spacial score (nSPS) is 11.7. The van der Waals surface area contributed by atoms with Gasteiger partial charge in [-0.2, -0.15) is 0 Å². The third-order valence-electron chi connectivity index (χ3n) is 2.51. The summed E-state index contributed by atoms with van der Waals surface area (Å²) in [4.78, 5) is 9.60. The minimum atomic E-state index is 0.644. The second-order valence-corrected chi connectivity index (χ2v) is 5.48. The van der Waals surface area contributed by atoms with Gasteiger partial charge in [-0.25, -0.2) is 4.98 Å². The quantitative estimate of drug-likeness (QED) is 0.407. The highest BCUT2D eigenvalue weighted by atomic mass is 32.1. The first-order valence-corrected chi connectivity index (χ1v) is 7.50. The maximum atomic E-state index is 5.39. The number of methoxy groups -OCH3 is 1. The molecule has 0 aliphatic carbocycles. The summed E-state index contributed by atoms with van der Waals surface area (Å²) >= 11 is 1.69. The summed E-state index contributed by atoms with van der Waals surface area (Å²) in [6.45, 7) is 5.59. The van der Waals surface area contributed by atoms with Gasteiger partial charge < -0.3 is 20.1 Å². The van der Waals surface area contributed by atoms with Crippen LogP contribution in [0.4, 0.5) is 0 Å². The van der Waals surface area contributed by atoms with E-state index < -0.39 is 0 Å². The summed E-state index contributed by atoms with van der Waals surface area (Å²) in [6, 6.07) is 0. The molecule has 1 rings (SSSR count). The Kier molecular flexibility index (Phi) is 8.93. The van der Waals surface area contributed by atoms with Crippen LogP contribution >= 0.6 is 11.3 Å². The first kappa shape index (κ1) is 16.9. The van der Waals surface area contributed by atoms with E-state index in [0.717, 1.165) is 37.1 Å². The maximum Gasteiger partial charge on any atom is 0.191 e. The van der Waals surface area contributed by atoms with Crippen LogP contribution in [0.5, 0.6) is 0 Å². The minimum Gasteiger partial charge on any atom is -0.382 e. The molecule has 0 radical (unpaired) electrons. The zero-order chi connectivity index (χ0) is 14.6. The van der Waals surface area contributed by atoms with Crippen molar-refractivity contribution in [3.05, 3.63) is 16.1 Å². The average Bonchev–Trinajstić information content (AvgIpc) is 2.87. The monoisotopic (exact) mass is 300 g/mol. The Morgan fingerprint density at radius 3 is 2.85 bits per heavy atom. The first-order chi connectivity index (χ1) is 9.76. The van der Waals surface area contributed by atoms with E-state index in [1.54, 1.807) is 25.5 Å². The molecular formula is C13H24N4O2S. The molecule has 1 aromatic heterocycles. The van der Waals surface area contributed by atoms with E-state index in [4.69, 9.17) is 9.47 Å². The number of aliphatic imine (C=N–C) groups is 1. The number of rotatable bonds is 9. The lowest BCUT2D eigenvalue weighted by Gasteiger charge is -2.11. The zero-order valence-corrected chi connectivity index (χ0v) is 13.3. The van der Waals surface area contributed by atoms with Crippen molar-refractivity contribution in [1.29, 1.82) is 0 Å². The summed E-state index contributed by atoms with van der Waals surface area (Å²) < 4.78 is 10.3. The fraction of sp³-hybridized carbons (Fsp3) is 0.692. The van der Waals surface area contributed by atoms with Crippen molar-refractivity contribution in [2.24, 2.45) is 4.99 Å². The van der Waals surface area contributed by atoms with Crippen molar-refractivity contribution in [2.75, 3.05) is 40.5 Å². The van der Waals surface area contributed by atoms with E-state index in [-0.39, 0.29) is 0 Å². The maximum absolute atomic E-state index is 5.39. The molecule has 0 aliphatic rings. The molecule has 0 unspecified atom stereocenters. The van der Waals surface area contributed by atoms with Crippen LogP contribution in [-0.2, 0) is 16.0 Å². The summed E-state index contributed by atoms with van der Waals surface area (Å²) in [6.07, 6.45) is 2.83. The Labute approximate surface area is 124 Å². The third kappa shape index (κ3) is 7.42. The Bertz CT molecular complexity index is 395. The molecule has 0 fully saturated rings. The molecule has 0 aliphatic heterocycles. The zero-order valence-electron chi connectivity index (χ0n) is 12.4. The van der Waals surface area contributed by atoms with Gasteiger partial charge in [0.05, 0.1) is 24.8 Å². The predicted molar refractivity (Wildman–Crippen MR) is 82.4 cm³/mol. The lowest BCUT2D eigenvalue weighted by molar-refractivity contribution is 0.0698. The highest BCUT2D eigenvalue weighted by molar-refractivity contribution is 7.11. The van der Waals surface area contributed by atoms with Gasteiger partial charge in [0.25, 0.3) is 0 Å². The lowest BCUT2D eigenvalue weighted by Crippen LogP contribution is -2.37. The highest BCUT2D eigenvalue weighted by Crippen LogP contribution is 2.10. The van der Waals surface area contributed by atoms with Gasteiger partial charge in [0.15, 0.2) is 5.96 Å². The van der Waals surface area contributed by atoms with Gasteiger partial charge in [-0.1, -0.05) is 0 Å². The van der Waals surface area contributed by atoms with Crippen LogP contribution in [0, 0.1) is 6.92 Å². The van der Waals surface area contributed by atoms with Crippen molar-refractivity contribution in [3.63, 3.8) is 0 Å². The third-order valence-corrected chi connectivity index (χ3v) is 3.43. The van der Waals surface area contributed by atoms with Crippen LogP contribution in [0.1, 0.15) is 16.3 Å². The van der Waals surface area contributed by atoms with Gasteiger partial charge in [0, 0.05) is 38.4 Å². The Morgan fingerprint density at radius 2 is 2.20 bits per heavy atom. The number of guanidine groups is 1. The Morgan fingerprint density at radius 1 is 1.35 bits per heavy atom. The van der Waals surface area contributed by atoms with E-state index in [1.165, 1.54) is 4.88 Å². The fourth-order valence-electron chi connectivity index (χ4n) is 1.50. The van der Waals surface area contributed by atoms with Gasteiger partial charge >= 0.3 is 0 Å². The van der Waals surface area contributed by atoms with Crippen LogP contribution in [0.25, 0.3) is 0 Å². The van der Waals surface area contributed by atoms with Crippen molar-refractivity contribution < 1.29 is 9.47 Å². The van der Waals surface area contributed by atoms with Crippen LogP contribution < -0.4 is 10.6 Å². The molecule has 0 spiro atoms. The molecule has 2 N–H and O–H groups in total. The van der Waals surface area contributed by atoms with Gasteiger partial charge in [0.1, 0.15) is 0 Å². The molecule has 0 atom stereocenters. The second-order valence-electron chi connectivity index (χ2n) is 4.16. The van der Waals surface area contributed by atoms with Gasteiger partial charge in [-0.15, -0.1) is 11.3 Å². The first-order valence-electron chi connectivity index (χ1n) is 6.68. The summed E-state index contributed by atoms with van der Waals surface area (Å²) in [7, 11) is 3.44. The molecule has 0 amide bonds. The molecule has 6 nitrogen and oxygen atoms in total. The number of hydrogen-bond acceptors (Lipinski definition) is 5. The summed E-state index contributed by atoms with van der Waals surface area (Å²) in [5.74, 6) is 0.799. The van der Waals surface area contributed by atoms with Crippen molar-refractivity contribution >= 4 is 17.3 Å². The minimum absolute atomic E-state index is 0.644. The van der Waals surface area contributed by atoms with Crippen molar-refractivity contribution in [3.8, 4) is 0 Å². The fourth-order valence-corrected chi connectivity index (χ4v) is 2.24. The summed E-state index contributed by atoms with van der Waals surface area (Å²) in [5.41, 5.74) is 0. The average molecular weight is 300 g/mol. The number of hydrogen-bond donors (Lipinski definition) is 2. The van der Waals surface area contributed by atoms with Crippen molar-refractivity contribution in [2.45, 2.75) is 19.9 Å². The molecule has 114 valence electrons. The Hall–Kier alpha value is -1.18. The number of thiazole rings is 1. The number of nitrogens with one attached hydrogen (secondary N) is 2. The SMILES string of the molecule is CN=C(NCCCOCCOC)NCc1cnc(C)s1. The number of ether oxygens (including phenoxy) is 2. The number of aryl methyl sites for hydroxylation is 1. The largest absolute Gasteiger partial charge is 0.382 e. The van der Waals surface area contributed by atoms with E-state index in [1.807, 2.05) is 13.1 Å². The van der Waals surface area contributed by atoms with E-state index >= 15 is 0 Å². The van der Waals surface area contributed by atoms with Gasteiger partial charge in [-0.05, 0) is 13.3 Å². The van der Waals surface area contributed by atoms with Crippen LogP contribution in [0.15, 0.2) is 11.2 Å². The molecule has 7 heteroatoms. The molecule has 0 saturated heterocycles. The van der Waals surface area contributed by atoms with Crippen molar-refractivity contribution in [1.82, 2.24) is 15.6 Å². The van der Waals surface area contributed by atoms with Gasteiger partial charge in [0.2, 0.25) is 0 Å². The molecule has 1 heterocycles. The molecular weight excluding hydrogens is 276 g/mol. The molecule has 0 aromatic carbocycles. The van der Waals surface area contributed by atoms with Crippen LogP contribution in [0.2, 0.25) is 0 Å². The smallest absolute Gasteiger partial charge is 0.191 e. The molecule has 20 heavy (non-hydrogen) atoms. The molecule has 0 bridgehead atoms. The van der Waals surface area contributed by atoms with E-state index in [0.29, 0.717) is 13.2 Å². The predicted octanol–water partition coefficient (Wildman–Crippen LogP) is 1.17. The lowest BCUT2D eigenvalue weighted by atomic mass is 10.4. The summed E-state index contributed by atoms with van der Waals surface area (Å²) in [5, 5.41) is 7.59. The van der Waals surface area contributed by atoms with E-state index in [2.05, 4.69) is 20.6 Å².